The number of hydrogen-bond acceptors (Lipinski definition) is 6. The van der Waals surface area contributed by atoms with Crippen LogP contribution in [0.2, 0.25) is 0 Å². The second-order valence-electron chi connectivity index (χ2n) is 4.00. The largest absolute Gasteiger partial charge is 0.339 e. The normalized spacial score (nSPS) is 10.6. The first kappa shape index (κ1) is 16.2. The van der Waals surface area contributed by atoms with Crippen molar-refractivity contribution in [3.05, 3.63) is 33.3 Å². The molecule has 0 aliphatic rings. The number of amidine groups is 1. The molecule has 0 radical (unpaired) electrons. The summed E-state index contributed by atoms with van der Waals surface area (Å²) < 4.78 is 18.4. The number of anilines is 1. The lowest BCUT2D eigenvalue weighted by molar-refractivity contribution is 0.298. The first-order chi connectivity index (χ1) is 10.1. The number of thioether (sulfide) groups is 1. The molecule has 21 heavy (non-hydrogen) atoms. The van der Waals surface area contributed by atoms with Gasteiger partial charge in [-0.3, -0.25) is 5.41 Å². The topological polar surface area (TPSA) is 86.8 Å². The first-order valence-electron chi connectivity index (χ1n) is 6.02. The van der Waals surface area contributed by atoms with E-state index in [0.29, 0.717) is 20.0 Å². The standard InChI is InChI=1S/C12H13FIN5OS/c1-16-4-5-21-12-10(18-20-19-12)11(15)17-7-2-3-8(13)9(14)6-7/h2-3,6,16H,4-5H2,1H3,(H2,15,17). The van der Waals surface area contributed by atoms with Crippen LogP contribution in [0.15, 0.2) is 27.9 Å². The van der Waals surface area contributed by atoms with Gasteiger partial charge in [0.15, 0.2) is 16.6 Å². The van der Waals surface area contributed by atoms with Crippen molar-refractivity contribution >= 4 is 45.9 Å². The quantitative estimate of drug-likeness (QED) is 0.219. The van der Waals surface area contributed by atoms with Crippen molar-refractivity contribution in [1.82, 2.24) is 15.6 Å². The Morgan fingerprint density at radius 3 is 3.00 bits per heavy atom. The van der Waals surface area contributed by atoms with Crippen molar-refractivity contribution in [2.45, 2.75) is 5.03 Å². The molecule has 0 spiro atoms. The minimum absolute atomic E-state index is 0.0608. The van der Waals surface area contributed by atoms with Gasteiger partial charge in [-0.05, 0) is 58.2 Å². The highest BCUT2D eigenvalue weighted by molar-refractivity contribution is 14.1. The number of nitrogens with one attached hydrogen (secondary N) is 3. The summed E-state index contributed by atoms with van der Waals surface area (Å²) >= 11 is 3.35. The van der Waals surface area contributed by atoms with E-state index in [-0.39, 0.29) is 11.7 Å². The van der Waals surface area contributed by atoms with Crippen molar-refractivity contribution in [3.63, 3.8) is 0 Å². The Balaban J connectivity index is 2.06. The van der Waals surface area contributed by atoms with Gasteiger partial charge in [-0.15, -0.1) is 0 Å². The molecule has 0 aliphatic carbocycles. The van der Waals surface area contributed by atoms with Gasteiger partial charge in [-0.2, -0.15) is 0 Å². The minimum Gasteiger partial charge on any atom is -0.339 e. The summed E-state index contributed by atoms with van der Waals surface area (Å²) in [6.45, 7) is 0.813. The van der Waals surface area contributed by atoms with Gasteiger partial charge in [-0.1, -0.05) is 11.8 Å². The lowest BCUT2D eigenvalue weighted by Gasteiger charge is -2.07. The number of halogens is 2. The summed E-state index contributed by atoms with van der Waals surface area (Å²) in [6.07, 6.45) is 0. The van der Waals surface area contributed by atoms with E-state index >= 15 is 0 Å². The maximum atomic E-state index is 13.2. The van der Waals surface area contributed by atoms with Gasteiger partial charge in [0, 0.05) is 18.0 Å². The van der Waals surface area contributed by atoms with Crippen LogP contribution in [0.4, 0.5) is 10.1 Å². The van der Waals surface area contributed by atoms with Crippen LogP contribution in [0.1, 0.15) is 5.69 Å². The second-order valence-corrected chi connectivity index (χ2v) is 6.24. The minimum atomic E-state index is -0.293. The Hall–Kier alpha value is -1.20. The Kier molecular flexibility index (Phi) is 5.94. The molecule has 1 heterocycles. The molecule has 3 N–H and O–H groups in total. The third kappa shape index (κ3) is 4.38. The molecule has 112 valence electrons. The summed E-state index contributed by atoms with van der Waals surface area (Å²) in [7, 11) is 1.86. The molecule has 1 aromatic heterocycles. The van der Waals surface area contributed by atoms with E-state index < -0.39 is 0 Å². The molecule has 0 amide bonds. The zero-order chi connectivity index (χ0) is 15.2. The zero-order valence-electron chi connectivity index (χ0n) is 11.1. The zero-order valence-corrected chi connectivity index (χ0v) is 14.1. The maximum absolute atomic E-state index is 13.2. The number of rotatable bonds is 6. The molecule has 2 rings (SSSR count). The summed E-state index contributed by atoms with van der Waals surface area (Å²) in [6, 6.07) is 4.53. The number of aromatic nitrogens is 2. The molecule has 0 fully saturated rings. The third-order valence-electron chi connectivity index (χ3n) is 2.48. The molecule has 2 aromatic rings. The molecule has 0 bridgehead atoms. The summed E-state index contributed by atoms with van der Waals surface area (Å²) in [5.41, 5.74) is 0.954. The van der Waals surface area contributed by atoms with Crippen LogP contribution in [0.25, 0.3) is 0 Å². The van der Waals surface area contributed by atoms with Gasteiger partial charge in [-0.25, -0.2) is 9.02 Å². The van der Waals surface area contributed by atoms with Gasteiger partial charge >= 0.3 is 0 Å². The van der Waals surface area contributed by atoms with Crippen molar-refractivity contribution in [2.24, 2.45) is 0 Å². The fourth-order valence-corrected chi connectivity index (χ4v) is 2.83. The summed E-state index contributed by atoms with van der Waals surface area (Å²) in [5.74, 6) is 0.559. The molecular weight excluding hydrogens is 408 g/mol. The first-order valence-corrected chi connectivity index (χ1v) is 8.09. The summed E-state index contributed by atoms with van der Waals surface area (Å²) in [4.78, 5) is 0. The Bertz CT molecular complexity index is 636. The van der Waals surface area contributed by atoms with Gasteiger partial charge in [0.05, 0.1) is 3.57 Å². The molecule has 0 saturated carbocycles. The number of nitrogens with zero attached hydrogens (tertiary/aromatic N) is 2. The monoisotopic (exact) mass is 421 g/mol. The third-order valence-corrected chi connectivity index (χ3v) is 4.25. The van der Waals surface area contributed by atoms with E-state index in [2.05, 4.69) is 20.9 Å². The van der Waals surface area contributed by atoms with Crippen LogP contribution in [0.3, 0.4) is 0 Å². The molecule has 6 nitrogen and oxygen atoms in total. The van der Waals surface area contributed by atoms with E-state index in [9.17, 15) is 4.39 Å². The van der Waals surface area contributed by atoms with E-state index in [1.54, 1.807) is 12.1 Å². The fraction of sp³-hybridized carbons (Fsp3) is 0.250. The van der Waals surface area contributed by atoms with Crippen LogP contribution >= 0.6 is 34.4 Å². The smallest absolute Gasteiger partial charge is 0.183 e. The second kappa shape index (κ2) is 7.71. The van der Waals surface area contributed by atoms with Crippen molar-refractivity contribution in [1.29, 1.82) is 5.41 Å². The number of benzene rings is 1. The predicted molar refractivity (Wildman–Crippen MR) is 88.5 cm³/mol. The molecule has 0 saturated heterocycles. The van der Waals surface area contributed by atoms with Gasteiger partial charge in [0.1, 0.15) is 5.82 Å². The molecule has 0 unspecified atom stereocenters. The van der Waals surface area contributed by atoms with Crippen LogP contribution in [0.5, 0.6) is 0 Å². The molecule has 0 aliphatic heterocycles. The highest BCUT2D eigenvalue weighted by Crippen LogP contribution is 2.21. The van der Waals surface area contributed by atoms with Crippen LogP contribution in [-0.2, 0) is 0 Å². The van der Waals surface area contributed by atoms with Crippen molar-refractivity contribution in [2.75, 3.05) is 24.7 Å². The van der Waals surface area contributed by atoms with Gasteiger partial charge in [0.25, 0.3) is 0 Å². The van der Waals surface area contributed by atoms with Crippen LogP contribution in [-0.4, -0.2) is 35.5 Å². The van der Waals surface area contributed by atoms with E-state index in [1.807, 2.05) is 29.6 Å². The van der Waals surface area contributed by atoms with Gasteiger partial charge in [0.2, 0.25) is 0 Å². The van der Waals surface area contributed by atoms with Crippen LogP contribution < -0.4 is 10.6 Å². The molecule has 1 aromatic carbocycles. The van der Waals surface area contributed by atoms with Crippen LogP contribution in [0, 0.1) is 14.8 Å². The Morgan fingerprint density at radius 2 is 2.29 bits per heavy atom. The lowest BCUT2D eigenvalue weighted by atomic mass is 10.3. The highest BCUT2D eigenvalue weighted by Gasteiger charge is 2.16. The Morgan fingerprint density at radius 1 is 1.48 bits per heavy atom. The average molecular weight is 421 g/mol. The predicted octanol–water partition coefficient (Wildman–Crippen LogP) is 2.56. The lowest BCUT2D eigenvalue weighted by Crippen LogP contribution is -2.14. The fourth-order valence-electron chi connectivity index (χ4n) is 1.46. The van der Waals surface area contributed by atoms with E-state index in [4.69, 9.17) is 10.0 Å². The highest BCUT2D eigenvalue weighted by atomic mass is 127. The average Bonchev–Trinajstić information content (AvgIpc) is 2.92. The molecule has 0 atom stereocenters. The van der Waals surface area contributed by atoms with E-state index in [1.165, 1.54) is 17.8 Å². The Labute approximate surface area is 138 Å². The number of hydrogen-bond donors (Lipinski definition) is 3. The summed E-state index contributed by atoms with van der Waals surface area (Å²) in [5, 5.41) is 22.0. The SMILES string of the molecule is CNCCSc1nonc1C(=N)Nc1ccc(F)c(I)c1. The molecular formula is C12H13FIN5OS. The maximum Gasteiger partial charge on any atom is 0.183 e. The van der Waals surface area contributed by atoms with Crippen molar-refractivity contribution < 1.29 is 9.02 Å². The van der Waals surface area contributed by atoms with Gasteiger partial charge < -0.3 is 10.6 Å². The molecule has 9 heteroatoms. The van der Waals surface area contributed by atoms with E-state index in [0.717, 1.165) is 12.3 Å². The van der Waals surface area contributed by atoms with Crippen molar-refractivity contribution in [3.8, 4) is 0 Å².